The Kier molecular flexibility index (Phi) is 3.24. The third-order valence-corrected chi connectivity index (χ3v) is 3.38. The van der Waals surface area contributed by atoms with Crippen molar-refractivity contribution in [1.29, 1.82) is 5.41 Å². The lowest BCUT2D eigenvalue weighted by Crippen LogP contribution is -2.41. The molecule has 18 heavy (non-hydrogen) atoms. The van der Waals surface area contributed by atoms with Gasteiger partial charge < -0.3 is 10.6 Å². The lowest BCUT2D eigenvalue weighted by molar-refractivity contribution is 0.292. The van der Waals surface area contributed by atoms with Gasteiger partial charge in [0.1, 0.15) is 17.5 Å². The standard InChI is InChI=1S/C13H21N5/c1-9-16-7-10(11(14)15)12(17-9)18-6-4-5-13(2,3)8-18/h7H,4-6,8H2,1-3H3,(H3,14,15). The minimum Gasteiger partial charge on any atom is -0.384 e. The SMILES string of the molecule is Cc1ncc(C(=N)N)c(N2CCCC(C)(C)C2)n1. The summed E-state index contributed by atoms with van der Waals surface area (Å²) in [6, 6.07) is 0. The van der Waals surface area contributed by atoms with Gasteiger partial charge in [0.25, 0.3) is 0 Å². The molecule has 2 rings (SSSR count). The minimum atomic E-state index is 0.0355. The number of rotatable bonds is 2. The van der Waals surface area contributed by atoms with Gasteiger partial charge in [0.05, 0.1) is 5.56 Å². The summed E-state index contributed by atoms with van der Waals surface area (Å²) in [6.45, 7) is 8.31. The fourth-order valence-corrected chi connectivity index (χ4v) is 2.49. The maximum absolute atomic E-state index is 7.64. The second-order valence-corrected chi connectivity index (χ2v) is 5.76. The third kappa shape index (κ3) is 2.60. The van der Waals surface area contributed by atoms with Gasteiger partial charge in [0.2, 0.25) is 0 Å². The van der Waals surface area contributed by atoms with Gasteiger partial charge in [-0.25, -0.2) is 9.97 Å². The number of anilines is 1. The van der Waals surface area contributed by atoms with Crippen molar-refractivity contribution in [2.24, 2.45) is 11.1 Å². The first-order valence-electron chi connectivity index (χ1n) is 6.32. The molecule has 3 N–H and O–H groups in total. The molecule has 5 nitrogen and oxygen atoms in total. The third-order valence-electron chi connectivity index (χ3n) is 3.38. The van der Waals surface area contributed by atoms with Crippen LogP contribution in [0, 0.1) is 17.7 Å². The van der Waals surface area contributed by atoms with Crippen molar-refractivity contribution in [2.75, 3.05) is 18.0 Å². The van der Waals surface area contributed by atoms with Crippen LogP contribution in [-0.2, 0) is 0 Å². The number of piperidine rings is 1. The predicted molar refractivity (Wildman–Crippen MR) is 73.0 cm³/mol. The van der Waals surface area contributed by atoms with Crippen LogP contribution in [0.4, 0.5) is 5.82 Å². The summed E-state index contributed by atoms with van der Waals surface area (Å²) in [5.41, 5.74) is 6.54. The highest BCUT2D eigenvalue weighted by molar-refractivity contribution is 5.99. The Morgan fingerprint density at radius 2 is 2.22 bits per heavy atom. The molecule has 2 heterocycles. The van der Waals surface area contributed by atoms with Gasteiger partial charge in [0, 0.05) is 19.3 Å². The van der Waals surface area contributed by atoms with Crippen LogP contribution in [0.1, 0.15) is 38.1 Å². The van der Waals surface area contributed by atoms with Gasteiger partial charge >= 0.3 is 0 Å². The first-order chi connectivity index (χ1) is 8.39. The average Bonchev–Trinajstić information content (AvgIpc) is 2.27. The molecule has 0 aromatic carbocycles. The molecule has 0 atom stereocenters. The zero-order valence-corrected chi connectivity index (χ0v) is 11.3. The number of nitrogen functional groups attached to an aromatic ring is 1. The lowest BCUT2D eigenvalue weighted by atomic mass is 9.84. The van der Waals surface area contributed by atoms with Crippen LogP contribution in [0.2, 0.25) is 0 Å². The van der Waals surface area contributed by atoms with Crippen LogP contribution in [0.25, 0.3) is 0 Å². The zero-order valence-electron chi connectivity index (χ0n) is 11.3. The maximum Gasteiger partial charge on any atom is 0.143 e. The molecule has 0 saturated carbocycles. The molecule has 0 bridgehead atoms. The minimum absolute atomic E-state index is 0.0355. The van der Waals surface area contributed by atoms with Crippen LogP contribution >= 0.6 is 0 Å². The molecule has 0 aliphatic carbocycles. The first-order valence-corrected chi connectivity index (χ1v) is 6.32. The molecule has 1 aliphatic heterocycles. The number of hydrogen-bond donors (Lipinski definition) is 2. The topological polar surface area (TPSA) is 78.9 Å². The second kappa shape index (κ2) is 4.55. The Morgan fingerprint density at radius 1 is 1.50 bits per heavy atom. The highest BCUT2D eigenvalue weighted by Gasteiger charge is 2.28. The van der Waals surface area contributed by atoms with E-state index in [1.54, 1.807) is 6.20 Å². The van der Waals surface area contributed by atoms with E-state index in [2.05, 4.69) is 28.7 Å². The van der Waals surface area contributed by atoms with Crippen LogP contribution in [0.3, 0.4) is 0 Å². The smallest absolute Gasteiger partial charge is 0.143 e. The number of aromatic nitrogens is 2. The van der Waals surface area contributed by atoms with Crippen molar-refractivity contribution < 1.29 is 0 Å². The molecule has 1 aliphatic rings. The quantitative estimate of drug-likeness (QED) is 0.616. The molecule has 1 fully saturated rings. The van der Waals surface area contributed by atoms with E-state index in [1.165, 1.54) is 6.42 Å². The number of nitrogens with zero attached hydrogens (tertiary/aromatic N) is 3. The summed E-state index contributed by atoms with van der Waals surface area (Å²) in [7, 11) is 0. The Hall–Kier alpha value is -1.65. The normalized spacial score (nSPS) is 18.7. The van der Waals surface area contributed by atoms with E-state index in [0.717, 1.165) is 31.2 Å². The van der Waals surface area contributed by atoms with Crippen molar-refractivity contribution in [3.05, 3.63) is 17.6 Å². The second-order valence-electron chi connectivity index (χ2n) is 5.76. The fraction of sp³-hybridized carbons (Fsp3) is 0.615. The molecular weight excluding hydrogens is 226 g/mol. The molecule has 0 amide bonds. The molecule has 0 unspecified atom stereocenters. The van der Waals surface area contributed by atoms with Crippen molar-refractivity contribution >= 4 is 11.7 Å². The van der Waals surface area contributed by atoms with Crippen LogP contribution in [0.5, 0.6) is 0 Å². The first kappa shape index (κ1) is 12.8. The summed E-state index contributed by atoms with van der Waals surface area (Å²) in [6.07, 6.45) is 4.03. The molecular formula is C13H21N5. The van der Waals surface area contributed by atoms with Crippen molar-refractivity contribution in [1.82, 2.24) is 9.97 Å². The highest BCUT2D eigenvalue weighted by Crippen LogP contribution is 2.31. The maximum atomic E-state index is 7.64. The van der Waals surface area contributed by atoms with E-state index in [-0.39, 0.29) is 11.3 Å². The number of aryl methyl sites for hydroxylation is 1. The molecule has 98 valence electrons. The molecule has 1 saturated heterocycles. The number of amidine groups is 1. The molecule has 1 aromatic heterocycles. The Labute approximate surface area is 108 Å². The fourth-order valence-electron chi connectivity index (χ4n) is 2.49. The lowest BCUT2D eigenvalue weighted by Gasteiger charge is -2.39. The summed E-state index contributed by atoms with van der Waals surface area (Å²) in [5.74, 6) is 1.56. The van der Waals surface area contributed by atoms with Crippen molar-refractivity contribution in [2.45, 2.75) is 33.6 Å². The van der Waals surface area contributed by atoms with E-state index >= 15 is 0 Å². The van der Waals surface area contributed by atoms with Gasteiger partial charge in [0.15, 0.2) is 0 Å². The van der Waals surface area contributed by atoms with Crippen molar-refractivity contribution in [3.8, 4) is 0 Å². The Balaban J connectivity index is 2.37. The van der Waals surface area contributed by atoms with Gasteiger partial charge in [-0.2, -0.15) is 0 Å². The number of nitrogens with one attached hydrogen (secondary N) is 1. The molecule has 1 aromatic rings. The largest absolute Gasteiger partial charge is 0.384 e. The summed E-state index contributed by atoms with van der Waals surface area (Å²) >= 11 is 0. The number of nitrogens with two attached hydrogens (primary N) is 1. The highest BCUT2D eigenvalue weighted by atomic mass is 15.2. The summed E-state index contributed by atoms with van der Waals surface area (Å²) < 4.78 is 0. The van der Waals surface area contributed by atoms with Gasteiger partial charge in [-0.1, -0.05) is 13.8 Å². The zero-order chi connectivity index (χ0) is 13.3. The van der Waals surface area contributed by atoms with E-state index in [4.69, 9.17) is 11.1 Å². The summed E-state index contributed by atoms with van der Waals surface area (Å²) in [4.78, 5) is 10.8. The number of hydrogen-bond acceptors (Lipinski definition) is 4. The van der Waals surface area contributed by atoms with Gasteiger partial charge in [-0.05, 0) is 25.2 Å². The van der Waals surface area contributed by atoms with E-state index in [1.807, 2.05) is 6.92 Å². The molecule has 0 spiro atoms. The average molecular weight is 247 g/mol. The monoisotopic (exact) mass is 247 g/mol. The van der Waals surface area contributed by atoms with Gasteiger partial charge in [-0.15, -0.1) is 0 Å². The van der Waals surface area contributed by atoms with Crippen LogP contribution in [0.15, 0.2) is 6.20 Å². The predicted octanol–water partition coefficient (Wildman–Crippen LogP) is 1.70. The van der Waals surface area contributed by atoms with Crippen molar-refractivity contribution in [3.63, 3.8) is 0 Å². The Bertz CT molecular complexity index is 466. The Morgan fingerprint density at radius 3 is 2.83 bits per heavy atom. The summed E-state index contributed by atoms with van der Waals surface area (Å²) in [5, 5.41) is 7.64. The molecule has 0 radical (unpaired) electrons. The van der Waals surface area contributed by atoms with E-state index in [0.29, 0.717) is 5.56 Å². The van der Waals surface area contributed by atoms with Crippen LogP contribution in [-0.4, -0.2) is 28.9 Å². The van der Waals surface area contributed by atoms with E-state index in [9.17, 15) is 0 Å². The van der Waals surface area contributed by atoms with Gasteiger partial charge in [-0.3, -0.25) is 5.41 Å². The van der Waals surface area contributed by atoms with E-state index < -0.39 is 0 Å². The molecule has 5 heteroatoms. The van der Waals surface area contributed by atoms with Crippen LogP contribution < -0.4 is 10.6 Å².